The Balaban J connectivity index is 1.58. The Bertz CT molecular complexity index is 1190. The molecule has 156 valence electrons. The van der Waals surface area contributed by atoms with E-state index in [1.807, 2.05) is 19.1 Å². The molecule has 2 aromatic carbocycles. The van der Waals surface area contributed by atoms with Gasteiger partial charge < -0.3 is 14.3 Å². The SMILES string of the molecule is COc1cc(/C=C2/C(=N)N3OC(C)=CC3=NC2=O)ccc1OC(=O)c1ccc(C)cc1. The van der Waals surface area contributed by atoms with E-state index in [2.05, 4.69) is 4.99 Å². The van der Waals surface area contributed by atoms with Gasteiger partial charge in [-0.3, -0.25) is 10.2 Å². The van der Waals surface area contributed by atoms with Gasteiger partial charge in [0.15, 0.2) is 23.2 Å². The first kappa shape index (κ1) is 20.1. The Kier molecular flexibility index (Phi) is 5.12. The second-order valence-electron chi connectivity index (χ2n) is 6.99. The number of rotatable bonds is 4. The molecule has 4 rings (SSSR count). The molecule has 0 fully saturated rings. The van der Waals surface area contributed by atoms with Crippen molar-refractivity contribution >= 4 is 29.6 Å². The average Bonchev–Trinajstić information content (AvgIpc) is 3.12. The van der Waals surface area contributed by atoms with Gasteiger partial charge in [0.05, 0.1) is 18.2 Å². The minimum Gasteiger partial charge on any atom is -0.493 e. The van der Waals surface area contributed by atoms with E-state index in [9.17, 15) is 9.59 Å². The second-order valence-corrected chi connectivity index (χ2v) is 6.99. The number of amides is 1. The smallest absolute Gasteiger partial charge is 0.343 e. The standard InChI is InChI=1S/C23H19N3O5/c1-13-4-7-16(8-5-13)23(28)30-18-9-6-15(12-19(18)29-3)11-17-21(24)26-20(25-22(17)27)10-14(2)31-26/h4-12,24H,1-3H3/b17-11-,24-21?. The molecule has 0 saturated carbocycles. The minimum absolute atomic E-state index is 0.0679. The minimum atomic E-state index is -0.542. The molecule has 8 heteroatoms. The quantitative estimate of drug-likeness (QED) is 0.463. The number of nitrogens with one attached hydrogen (secondary N) is 1. The molecule has 1 N–H and O–H groups in total. The van der Waals surface area contributed by atoms with Crippen LogP contribution in [0.2, 0.25) is 0 Å². The van der Waals surface area contributed by atoms with Crippen molar-refractivity contribution in [1.82, 2.24) is 5.06 Å². The summed E-state index contributed by atoms with van der Waals surface area (Å²) in [7, 11) is 1.45. The van der Waals surface area contributed by atoms with Crippen LogP contribution >= 0.6 is 0 Å². The summed E-state index contributed by atoms with van der Waals surface area (Å²) in [5.74, 6) is 0.202. The number of fused-ring (bicyclic) bond motifs is 1. The maximum Gasteiger partial charge on any atom is 0.343 e. The normalized spacial score (nSPS) is 16.5. The number of aryl methyl sites for hydroxylation is 1. The first-order valence-electron chi connectivity index (χ1n) is 9.42. The van der Waals surface area contributed by atoms with Crippen molar-refractivity contribution in [2.75, 3.05) is 7.11 Å². The van der Waals surface area contributed by atoms with Crippen LogP contribution in [0.3, 0.4) is 0 Å². The number of carbonyl (C=O) groups is 2. The topological polar surface area (TPSA) is 101 Å². The third-order valence-corrected chi connectivity index (χ3v) is 4.67. The first-order chi connectivity index (χ1) is 14.9. The van der Waals surface area contributed by atoms with E-state index in [-0.39, 0.29) is 23.0 Å². The molecule has 2 heterocycles. The van der Waals surface area contributed by atoms with E-state index in [0.717, 1.165) is 5.56 Å². The number of amidine groups is 2. The molecule has 0 saturated heterocycles. The van der Waals surface area contributed by atoms with Crippen LogP contribution in [0, 0.1) is 12.3 Å². The van der Waals surface area contributed by atoms with Gasteiger partial charge in [0, 0.05) is 6.08 Å². The zero-order valence-corrected chi connectivity index (χ0v) is 17.1. The number of allylic oxidation sites excluding steroid dienone is 1. The molecule has 8 nitrogen and oxygen atoms in total. The van der Waals surface area contributed by atoms with Crippen molar-refractivity contribution in [3.05, 3.63) is 76.6 Å². The number of nitrogens with zero attached hydrogens (tertiary/aromatic N) is 2. The van der Waals surface area contributed by atoms with Gasteiger partial charge in [0.1, 0.15) is 5.76 Å². The van der Waals surface area contributed by atoms with Crippen LogP contribution in [-0.4, -0.2) is 35.7 Å². The predicted octanol–water partition coefficient (Wildman–Crippen LogP) is 3.67. The van der Waals surface area contributed by atoms with Crippen LogP contribution in [-0.2, 0) is 9.63 Å². The summed E-state index contributed by atoms with van der Waals surface area (Å²) in [4.78, 5) is 34.2. The Labute approximate surface area is 178 Å². The Hall–Kier alpha value is -4.20. The largest absolute Gasteiger partial charge is 0.493 e. The molecule has 2 aliphatic rings. The Morgan fingerprint density at radius 2 is 1.87 bits per heavy atom. The third-order valence-electron chi connectivity index (χ3n) is 4.67. The summed E-state index contributed by atoms with van der Waals surface area (Å²) >= 11 is 0. The number of esters is 1. The number of hydrogen-bond donors (Lipinski definition) is 1. The van der Waals surface area contributed by atoms with Gasteiger partial charge in [-0.1, -0.05) is 23.8 Å². The summed E-state index contributed by atoms with van der Waals surface area (Å²) in [6.45, 7) is 3.64. The molecule has 1 amide bonds. The molecular weight excluding hydrogens is 398 g/mol. The van der Waals surface area contributed by atoms with Gasteiger partial charge in [0.2, 0.25) is 0 Å². The molecule has 0 atom stereocenters. The Morgan fingerprint density at radius 1 is 1.13 bits per heavy atom. The van der Waals surface area contributed by atoms with Crippen molar-refractivity contribution in [2.24, 2.45) is 4.99 Å². The Morgan fingerprint density at radius 3 is 2.58 bits per heavy atom. The van der Waals surface area contributed by atoms with E-state index in [4.69, 9.17) is 19.7 Å². The number of hydrogen-bond acceptors (Lipinski definition) is 6. The van der Waals surface area contributed by atoms with Gasteiger partial charge in [-0.25, -0.2) is 4.79 Å². The number of carbonyl (C=O) groups excluding carboxylic acids is 2. The number of benzene rings is 2. The van der Waals surface area contributed by atoms with E-state index in [1.54, 1.807) is 43.3 Å². The number of hydroxylamine groups is 2. The molecule has 0 bridgehead atoms. The molecule has 2 aromatic rings. The van der Waals surface area contributed by atoms with Crippen LogP contribution in [0.15, 0.2) is 64.9 Å². The van der Waals surface area contributed by atoms with Crippen molar-refractivity contribution < 1.29 is 23.9 Å². The highest BCUT2D eigenvalue weighted by atomic mass is 16.7. The van der Waals surface area contributed by atoms with Crippen LogP contribution in [0.5, 0.6) is 11.5 Å². The number of ether oxygens (including phenoxy) is 2. The first-order valence-corrected chi connectivity index (χ1v) is 9.42. The van der Waals surface area contributed by atoms with Crippen LogP contribution in [0.4, 0.5) is 0 Å². The van der Waals surface area contributed by atoms with Crippen molar-refractivity contribution in [2.45, 2.75) is 13.8 Å². The van der Waals surface area contributed by atoms with E-state index >= 15 is 0 Å². The van der Waals surface area contributed by atoms with Crippen LogP contribution < -0.4 is 9.47 Å². The summed E-state index contributed by atoms with van der Waals surface area (Å²) in [6, 6.07) is 11.9. The summed E-state index contributed by atoms with van der Waals surface area (Å²) < 4.78 is 10.8. The highest BCUT2D eigenvalue weighted by Gasteiger charge is 2.34. The molecule has 0 aromatic heterocycles. The average molecular weight is 417 g/mol. The number of aliphatic imine (C=N–C) groups is 1. The molecule has 0 radical (unpaired) electrons. The van der Waals surface area contributed by atoms with Gasteiger partial charge in [-0.05, 0) is 49.8 Å². The highest BCUT2D eigenvalue weighted by Crippen LogP contribution is 2.31. The van der Waals surface area contributed by atoms with Gasteiger partial charge in [-0.15, -0.1) is 5.06 Å². The van der Waals surface area contributed by atoms with Crippen molar-refractivity contribution in [1.29, 1.82) is 5.41 Å². The third kappa shape index (κ3) is 3.95. The summed E-state index contributed by atoms with van der Waals surface area (Å²) in [5.41, 5.74) is 2.10. The molecule has 0 spiro atoms. The summed E-state index contributed by atoms with van der Waals surface area (Å²) in [5, 5.41) is 9.48. The van der Waals surface area contributed by atoms with Gasteiger partial charge >= 0.3 is 5.97 Å². The zero-order chi connectivity index (χ0) is 22.1. The lowest BCUT2D eigenvalue weighted by Crippen LogP contribution is -2.38. The monoisotopic (exact) mass is 417 g/mol. The molecule has 2 aliphatic heterocycles. The fraction of sp³-hybridized carbons (Fsp3) is 0.130. The molecule has 0 aliphatic carbocycles. The fourth-order valence-electron chi connectivity index (χ4n) is 3.07. The maximum atomic E-state index is 12.4. The lowest BCUT2D eigenvalue weighted by molar-refractivity contribution is -0.114. The van der Waals surface area contributed by atoms with E-state index in [1.165, 1.54) is 18.2 Å². The molecule has 31 heavy (non-hydrogen) atoms. The zero-order valence-electron chi connectivity index (χ0n) is 17.1. The number of methoxy groups -OCH3 is 1. The van der Waals surface area contributed by atoms with Gasteiger partial charge in [0.25, 0.3) is 5.91 Å². The molecular formula is C23H19N3O5. The predicted molar refractivity (Wildman–Crippen MR) is 114 cm³/mol. The molecule has 0 unspecified atom stereocenters. The highest BCUT2D eigenvalue weighted by molar-refractivity contribution is 6.32. The lowest BCUT2D eigenvalue weighted by Gasteiger charge is -2.23. The van der Waals surface area contributed by atoms with Crippen LogP contribution in [0.1, 0.15) is 28.4 Å². The van der Waals surface area contributed by atoms with E-state index in [0.29, 0.717) is 22.6 Å². The van der Waals surface area contributed by atoms with Gasteiger partial charge in [-0.2, -0.15) is 4.99 Å². The maximum absolute atomic E-state index is 12.4. The van der Waals surface area contributed by atoms with Crippen LogP contribution in [0.25, 0.3) is 6.08 Å². The summed E-state index contributed by atoms with van der Waals surface area (Å²) in [6.07, 6.45) is 3.10. The lowest BCUT2D eigenvalue weighted by atomic mass is 10.1. The van der Waals surface area contributed by atoms with Crippen molar-refractivity contribution in [3.8, 4) is 11.5 Å². The fourth-order valence-corrected chi connectivity index (χ4v) is 3.07. The van der Waals surface area contributed by atoms with E-state index < -0.39 is 11.9 Å². The second kappa shape index (κ2) is 7.91. The van der Waals surface area contributed by atoms with Crippen molar-refractivity contribution in [3.63, 3.8) is 0 Å².